The lowest BCUT2D eigenvalue weighted by Crippen LogP contribution is -2.33. The van der Waals surface area contributed by atoms with Gasteiger partial charge < -0.3 is 10.6 Å². The van der Waals surface area contributed by atoms with Crippen LogP contribution in [0.3, 0.4) is 0 Å². The van der Waals surface area contributed by atoms with Crippen LogP contribution < -0.4 is 10.6 Å². The molecule has 0 saturated carbocycles. The van der Waals surface area contributed by atoms with E-state index in [1.807, 2.05) is 13.8 Å². The smallest absolute Gasteiger partial charge is 0.243 e. The molecule has 5 heteroatoms. The number of hydrogen-bond acceptors (Lipinski definition) is 3. The summed E-state index contributed by atoms with van der Waals surface area (Å²) in [7, 11) is 0. The van der Waals surface area contributed by atoms with Gasteiger partial charge in [0.25, 0.3) is 0 Å². The van der Waals surface area contributed by atoms with Crippen molar-refractivity contribution < 1.29 is 14.4 Å². The monoisotopic (exact) mass is 276 g/mol. The number of nitrogens with one attached hydrogen (secondary N) is 2. The quantitative estimate of drug-likeness (QED) is 0.780. The Labute approximate surface area is 118 Å². The molecule has 20 heavy (non-hydrogen) atoms. The molecule has 0 aromatic heterocycles. The fourth-order valence-corrected chi connectivity index (χ4v) is 1.64. The van der Waals surface area contributed by atoms with Crippen molar-refractivity contribution in [3.63, 3.8) is 0 Å². The molecule has 0 aliphatic heterocycles. The second-order valence-electron chi connectivity index (χ2n) is 5.06. The van der Waals surface area contributed by atoms with Gasteiger partial charge >= 0.3 is 0 Å². The molecule has 0 bridgehead atoms. The molecule has 0 unspecified atom stereocenters. The highest BCUT2D eigenvalue weighted by Gasteiger charge is 2.08. The van der Waals surface area contributed by atoms with Gasteiger partial charge in [-0.15, -0.1) is 0 Å². The van der Waals surface area contributed by atoms with Crippen molar-refractivity contribution in [1.29, 1.82) is 0 Å². The number of benzene rings is 1. The van der Waals surface area contributed by atoms with E-state index in [1.54, 1.807) is 24.3 Å². The number of amides is 2. The van der Waals surface area contributed by atoms with Crippen LogP contribution in [-0.2, 0) is 9.59 Å². The summed E-state index contributed by atoms with van der Waals surface area (Å²) in [5.41, 5.74) is 1.08. The van der Waals surface area contributed by atoms with Gasteiger partial charge in [-0.2, -0.15) is 0 Å². The predicted molar refractivity (Wildman–Crippen MR) is 77.5 cm³/mol. The van der Waals surface area contributed by atoms with Crippen LogP contribution >= 0.6 is 0 Å². The maximum absolute atomic E-state index is 11.7. The zero-order chi connectivity index (χ0) is 15.1. The summed E-state index contributed by atoms with van der Waals surface area (Å²) in [4.78, 5) is 34.3. The molecule has 1 rings (SSSR count). The van der Waals surface area contributed by atoms with Gasteiger partial charge in [0, 0.05) is 17.7 Å². The number of carbonyl (C=O) groups is 3. The zero-order valence-electron chi connectivity index (χ0n) is 12.0. The maximum atomic E-state index is 11.7. The summed E-state index contributed by atoms with van der Waals surface area (Å²) in [5, 5.41) is 5.19. The summed E-state index contributed by atoms with van der Waals surface area (Å²) >= 11 is 0. The third-order valence-corrected chi connectivity index (χ3v) is 2.59. The molecule has 2 N–H and O–H groups in total. The van der Waals surface area contributed by atoms with Crippen LogP contribution in [-0.4, -0.2) is 24.1 Å². The van der Waals surface area contributed by atoms with E-state index in [9.17, 15) is 14.4 Å². The Bertz CT molecular complexity index is 510. The maximum Gasteiger partial charge on any atom is 0.243 e. The van der Waals surface area contributed by atoms with Crippen molar-refractivity contribution in [1.82, 2.24) is 5.32 Å². The van der Waals surface area contributed by atoms with Crippen LogP contribution in [0.4, 0.5) is 5.69 Å². The Balaban J connectivity index is 2.48. The summed E-state index contributed by atoms with van der Waals surface area (Å²) in [5.74, 6) is -0.271. The first-order valence-electron chi connectivity index (χ1n) is 6.56. The van der Waals surface area contributed by atoms with E-state index < -0.39 is 0 Å². The number of Topliss-reactive ketones (excluding diaryl/α,β-unsaturated/α-hetero) is 1. The van der Waals surface area contributed by atoms with Crippen molar-refractivity contribution in [2.24, 2.45) is 5.92 Å². The molecule has 1 aromatic rings. The van der Waals surface area contributed by atoms with Gasteiger partial charge in [0.05, 0.1) is 6.54 Å². The van der Waals surface area contributed by atoms with Gasteiger partial charge in [0.2, 0.25) is 11.8 Å². The molecule has 0 saturated heterocycles. The number of rotatable bonds is 6. The number of ketones is 1. The molecule has 0 atom stereocenters. The molecule has 2 amide bonds. The number of anilines is 1. The molecule has 0 aliphatic carbocycles. The molecule has 0 radical (unpaired) electrons. The van der Waals surface area contributed by atoms with Crippen LogP contribution in [0.1, 0.15) is 37.6 Å². The van der Waals surface area contributed by atoms with Gasteiger partial charge in [-0.3, -0.25) is 14.4 Å². The van der Waals surface area contributed by atoms with E-state index >= 15 is 0 Å². The van der Waals surface area contributed by atoms with E-state index in [4.69, 9.17) is 0 Å². The lowest BCUT2D eigenvalue weighted by Gasteiger charge is -2.08. The third kappa shape index (κ3) is 5.65. The molecule has 5 nitrogen and oxygen atoms in total. The van der Waals surface area contributed by atoms with Crippen LogP contribution in [0.2, 0.25) is 0 Å². The average molecular weight is 276 g/mol. The van der Waals surface area contributed by atoms with Crippen molar-refractivity contribution in [2.75, 3.05) is 11.9 Å². The normalized spacial score (nSPS) is 10.2. The Hall–Kier alpha value is -2.17. The zero-order valence-corrected chi connectivity index (χ0v) is 12.0. The van der Waals surface area contributed by atoms with Crippen LogP contribution in [0, 0.1) is 5.92 Å². The minimum absolute atomic E-state index is 0.0636. The van der Waals surface area contributed by atoms with E-state index in [0.29, 0.717) is 17.7 Å². The van der Waals surface area contributed by atoms with Gasteiger partial charge in [-0.25, -0.2) is 0 Å². The largest absolute Gasteiger partial charge is 0.347 e. The SMILES string of the molecule is CC(=O)c1cccc(NC(=O)CNC(=O)CC(C)C)c1. The topological polar surface area (TPSA) is 75.3 Å². The first-order chi connectivity index (χ1) is 9.38. The van der Waals surface area contributed by atoms with Crippen LogP contribution in [0.15, 0.2) is 24.3 Å². The number of hydrogen-bond donors (Lipinski definition) is 2. The number of carbonyl (C=O) groups excluding carboxylic acids is 3. The summed E-state index contributed by atoms with van der Waals surface area (Å²) in [6.07, 6.45) is 0.396. The Morgan fingerprint density at radius 3 is 2.45 bits per heavy atom. The van der Waals surface area contributed by atoms with E-state index in [2.05, 4.69) is 10.6 Å². The lowest BCUT2D eigenvalue weighted by molar-refractivity contribution is -0.124. The first kappa shape index (κ1) is 15.9. The molecule has 0 spiro atoms. The van der Waals surface area contributed by atoms with Crippen molar-refractivity contribution in [3.8, 4) is 0 Å². The molecule has 0 fully saturated rings. The molecular formula is C15H20N2O3. The minimum atomic E-state index is -0.317. The van der Waals surface area contributed by atoms with Gasteiger partial charge in [0.1, 0.15) is 0 Å². The van der Waals surface area contributed by atoms with Crippen LogP contribution in [0.5, 0.6) is 0 Å². The van der Waals surface area contributed by atoms with E-state index in [0.717, 1.165) is 0 Å². The standard InChI is InChI=1S/C15H20N2O3/c1-10(2)7-14(19)16-9-15(20)17-13-6-4-5-12(8-13)11(3)18/h4-6,8,10H,7,9H2,1-3H3,(H,16,19)(H,17,20). The predicted octanol–water partition coefficient (Wildman–Crippen LogP) is 1.99. The second kappa shape index (κ2) is 7.43. The summed E-state index contributed by atoms with van der Waals surface area (Å²) < 4.78 is 0. The van der Waals surface area contributed by atoms with Gasteiger partial charge in [-0.1, -0.05) is 26.0 Å². The van der Waals surface area contributed by atoms with Crippen molar-refractivity contribution in [2.45, 2.75) is 27.2 Å². The fourth-order valence-electron chi connectivity index (χ4n) is 1.64. The highest BCUT2D eigenvalue weighted by atomic mass is 16.2. The summed E-state index contributed by atoms with van der Waals surface area (Å²) in [6.45, 7) is 5.27. The molecule has 108 valence electrons. The van der Waals surface area contributed by atoms with Crippen molar-refractivity contribution >= 4 is 23.3 Å². The molecular weight excluding hydrogens is 256 g/mol. The van der Waals surface area contributed by atoms with Gasteiger partial charge in [-0.05, 0) is 25.0 Å². The van der Waals surface area contributed by atoms with Gasteiger partial charge in [0.15, 0.2) is 5.78 Å². The Kier molecular flexibility index (Phi) is 5.90. The van der Waals surface area contributed by atoms with Crippen molar-refractivity contribution in [3.05, 3.63) is 29.8 Å². The lowest BCUT2D eigenvalue weighted by atomic mass is 10.1. The fraction of sp³-hybridized carbons (Fsp3) is 0.400. The van der Waals surface area contributed by atoms with E-state index in [-0.39, 0.29) is 30.1 Å². The van der Waals surface area contributed by atoms with E-state index in [1.165, 1.54) is 6.92 Å². The highest BCUT2D eigenvalue weighted by Crippen LogP contribution is 2.10. The average Bonchev–Trinajstić information content (AvgIpc) is 2.36. The summed E-state index contributed by atoms with van der Waals surface area (Å²) in [6, 6.07) is 6.68. The third-order valence-electron chi connectivity index (χ3n) is 2.59. The first-order valence-corrected chi connectivity index (χ1v) is 6.56. The molecule has 0 heterocycles. The Morgan fingerprint density at radius 1 is 1.15 bits per heavy atom. The van der Waals surface area contributed by atoms with Crippen LogP contribution in [0.25, 0.3) is 0 Å². The highest BCUT2D eigenvalue weighted by molar-refractivity contribution is 5.98. The Morgan fingerprint density at radius 2 is 1.85 bits per heavy atom. The molecule has 1 aromatic carbocycles. The second-order valence-corrected chi connectivity index (χ2v) is 5.06. The molecule has 0 aliphatic rings. The minimum Gasteiger partial charge on any atom is -0.347 e.